The van der Waals surface area contributed by atoms with Crippen LogP contribution in [0, 0.1) is 12.8 Å². The lowest BCUT2D eigenvalue weighted by Gasteiger charge is -2.15. The highest BCUT2D eigenvalue weighted by Crippen LogP contribution is 2.27. The molecule has 0 aliphatic carbocycles. The first-order valence-corrected chi connectivity index (χ1v) is 9.98. The third-order valence-corrected chi connectivity index (χ3v) is 6.06. The van der Waals surface area contributed by atoms with Crippen LogP contribution in [0.2, 0.25) is 0 Å². The van der Waals surface area contributed by atoms with E-state index in [0.717, 1.165) is 36.1 Å². The molecule has 1 aliphatic heterocycles. The van der Waals surface area contributed by atoms with Gasteiger partial charge in [0, 0.05) is 53.2 Å². The highest BCUT2D eigenvalue weighted by Gasteiger charge is 2.32. The lowest BCUT2D eigenvalue weighted by atomic mass is 9.99. The first-order chi connectivity index (χ1) is 13.7. The molecule has 1 saturated heterocycles. The molecule has 4 nitrogen and oxygen atoms in total. The molecule has 4 aromatic rings. The molecule has 2 N–H and O–H groups in total. The number of hydrogen-bond acceptors (Lipinski definition) is 3. The molecular formula is C24H25N3O. The Balaban J connectivity index is 1.30. The number of aromatic amines is 1. The Morgan fingerprint density at radius 3 is 2.75 bits per heavy atom. The molecule has 2 aromatic heterocycles. The number of nitrogens with zero attached hydrogens (tertiary/aromatic N) is 2. The highest BCUT2D eigenvalue weighted by molar-refractivity contribution is 5.84. The van der Waals surface area contributed by atoms with Gasteiger partial charge in [-0.25, -0.2) is 0 Å². The van der Waals surface area contributed by atoms with E-state index in [1.54, 1.807) is 0 Å². The Bertz CT molecular complexity index is 1130. The molecule has 2 aromatic carbocycles. The summed E-state index contributed by atoms with van der Waals surface area (Å²) in [6.07, 6.45) is 0.506. The van der Waals surface area contributed by atoms with Crippen LogP contribution < -0.4 is 0 Å². The number of pyridine rings is 1. The number of nitrogens with one attached hydrogen (secondary N) is 1. The van der Waals surface area contributed by atoms with E-state index in [-0.39, 0.29) is 12.0 Å². The van der Waals surface area contributed by atoms with Crippen molar-refractivity contribution < 1.29 is 5.11 Å². The minimum atomic E-state index is -0.307. The summed E-state index contributed by atoms with van der Waals surface area (Å²) in [5.74, 6) is 0.221. The number of likely N-dealkylation sites (tertiary alicyclic amines) is 1. The number of benzene rings is 2. The molecule has 0 unspecified atom stereocenters. The molecular weight excluding hydrogens is 346 g/mol. The van der Waals surface area contributed by atoms with Crippen LogP contribution >= 0.6 is 0 Å². The van der Waals surface area contributed by atoms with E-state index in [1.165, 1.54) is 22.2 Å². The van der Waals surface area contributed by atoms with Gasteiger partial charge in [-0.15, -0.1) is 0 Å². The number of hydrogen-bond donors (Lipinski definition) is 2. The number of β-amino-alcohol motifs (C(OH)–C–C–N with tert-alkyl or cyclic N) is 1. The number of aromatic nitrogens is 2. The first kappa shape index (κ1) is 17.4. The largest absolute Gasteiger partial charge is 0.391 e. The summed E-state index contributed by atoms with van der Waals surface area (Å²) in [7, 11) is 0. The van der Waals surface area contributed by atoms with Gasteiger partial charge >= 0.3 is 0 Å². The predicted octanol–water partition coefficient (Wildman–Crippen LogP) is 4.06. The van der Waals surface area contributed by atoms with Crippen LogP contribution in [0.3, 0.4) is 0 Å². The molecule has 1 fully saturated rings. The number of fused-ring (bicyclic) bond motifs is 2. The van der Waals surface area contributed by atoms with Crippen molar-refractivity contribution in [3.8, 4) is 0 Å². The fourth-order valence-corrected chi connectivity index (χ4v) is 4.48. The summed E-state index contributed by atoms with van der Waals surface area (Å²) >= 11 is 0. The topological polar surface area (TPSA) is 52.1 Å². The highest BCUT2D eigenvalue weighted by atomic mass is 16.3. The smallest absolute Gasteiger partial charge is 0.0711 e. The maximum absolute atomic E-state index is 10.6. The van der Waals surface area contributed by atoms with Crippen molar-refractivity contribution in [2.24, 2.45) is 5.92 Å². The third kappa shape index (κ3) is 3.19. The summed E-state index contributed by atoms with van der Waals surface area (Å²) in [6, 6.07) is 20.9. The molecule has 0 bridgehead atoms. The predicted molar refractivity (Wildman–Crippen MR) is 113 cm³/mol. The first-order valence-electron chi connectivity index (χ1n) is 9.98. The van der Waals surface area contributed by atoms with E-state index in [4.69, 9.17) is 4.98 Å². The molecule has 2 atom stereocenters. The zero-order valence-corrected chi connectivity index (χ0v) is 16.1. The van der Waals surface area contributed by atoms with E-state index >= 15 is 0 Å². The summed E-state index contributed by atoms with van der Waals surface area (Å²) in [4.78, 5) is 10.7. The van der Waals surface area contributed by atoms with E-state index < -0.39 is 0 Å². The van der Waals surface area contributed by atoms with Crippen molar-refractivity contribution in [1.29, 1.82) is 0 Å². The average molecular weight is 371 g/mol. The summed E-state index contributed by atoms with van der Waals surface area (Å²) in [6.45, 7) is 4.63. The zero-order chi connectivity index (χ0) is 19.1. The zero-order valence-electron chi connectivity index (χ0n) is 16.1. The molecule has 5 rings (SSSR count). The third-order valence-electron chi connectivity index (χ3n) is 6.06. The Kier molecular flexibility index (Phi) is 4.38. The van der Waals surface area contributed by atoms with Crippen molar-refractivity contribution in [1.82, 2.24) is 14.9 Å². The quantitative estimate of drug-likeness (QED) is 0.569. The fraction of sp³-hybridized carbons (Fsp3) is 0.292. The molecule has 0 amide bonds. The molecule has 28 heavy (non-hydrogen) atoms. The van der Waals surface area contributed by atoms with Gasteiger partial charge in [-0.1, -0.05) is 42.5 Å². The number of aliphatic hydroxyl groups is 1. The number of para-hydroxylation sites is 2. The van der Waals surface area contributed by atoms with E-state index in [0.29, 0.717) is 6.54 Å². The Hall–Kier alpha value is -2.69. The minimum Gasteiger partial charge on any atom is -0.391 e. The molecule has 0 spiro atoms. The number of aliphatic hydroxyl groups excluding tert-OH is 1. The molecule has 4 heteroatoms. The van der Waals surface area contributed by atoms with Crippen molar-refractivity contribution in [3.05, 3.63) is 77.6 Å². The van der Waals surface area contributed by atoms with Gasteiger partial charge in [-0.05, 0) is 37.1 Å². The van der Waals surface area contributed by atoms with Crippen LogP contribution in [0.5, 0.6) is 0 Å². The Morgan fingerprint density at radius 2 is 1.86 bits per heavy atom. The molecule has 1 aliphatic rings. The SMILES string of the molecule is Cc1c(CN2C[C@@H](Cc3ccc4ccccc4n3)[C@H](O)C2)[nH]c2ccccc12. The van der Waals surface area contributed by atoms with Crippen molar-refractivity contribution >= 4 is 21.8 Å². The van der Waals surface area contributed by atoms with Crippen molar-refractivity contribution in [2.75, 3.05) is 13.1 Å². The molecule has 3 heterocycles. The van der Waals surface area contributed by atoms with Gasteiger partial charge in [0.2, 0.25) is 0 Å². The standard InChI is InChI=1S/C24H25N3O/c1-16-20-7-3-5-9-22(20)26-23(16)14-27-13-18(24(28)15-27)12-19-11-10-17-6-2-4-8-21(17)25-19/h2-11,18,24,26,28H,12-15H2,1H3/t18-,24-/m1/s1. The van der Waals surface area contributed by atoms with Gasteiger partial charge in [-0.2, -0.15) is 0 Å². The van der Waals surface area contributed by atoms with E-state index in [2.05, 4.69) is 65.3 Å². The van der Waals surface area contributed by atoms with Gasteiger partial charge < -0.3 is 10.1 Å². The number of rotatable bonds is 4. The molecule has 0 saturated carbocycles. The van der Waals surface area contributed by atoms with Gasteiger partial charge in [0.1, 0.15) is 0 Å². The monoisotopic (exact) mass is 371 g/mol. The van der Waals surface area contributed by atoms with Gasteiger partial charge in [-0.3, -0.25) is 9.88 Å². The second-order valence-corrected chi connectivity index (χ2v) is 8.00. The van der Waals surface area contributed by atoms with Crippen LogP contribution in [0.25, 0.3) is 21.8 Å². The molecule has 142 valence electrons. The lowest BCUT2D eigenvalue weighted by Crippen LogP contribution is -2.22. The van der Waals surface area contributed by atoms with Gasteiger partial charge in [0.15, 0.2) is 0 Å². The van der Waals surface area contributed by atoms with Crippen LogP contribution in [0.15, 0.2) is 60.7 Å². The normalized spacial score (nSPS) is 20.4. The Labute approximate surface area is 164 Å². The van der Waals surface area contributed by atoms with Crippen LogP contribution in [0.4, 0.5) is 0 Å². The molecule has 0 radical (unpaired) electrons. The summed E-state index contributed by atoms with van der Waals surface area (Å²) < 4.78 is 0. The van der Waals surface area contributed by atoms with Crippen LogP contribution in [-0.4, -0.2) is 39.2 Å². The van der Waals surface area contributed by atoms with E-state index in [9.17, 15) is 5.11 Å². The summed E-state index contributed by atoms with van der Waals surface area (Å²) in [5.41, 5.74) is 5.83. The maximum Gasteiger partial charge on any atom is 0.0711 e. The van der Waals surface area contributed by atoms with Gasteiger partial charge in [0.25, 0.3) is 0 Å². The van der Waals surface area contributed by atoms with Crippen molar-refractivity contribution in [3.63, 3.8) is 0 Å². The Morgan fingerprint density at radius 1 is 1.04 bits per heavy atom. The number of aryl methyl sites for hydroxylation is 1. The average Bonchev–Trinajstić information content (AvgIpc) is 3.21. The second kappa shape index (κ2) is 7.04. The van der Waals surface area contributed by atoms with E-state index in [1.807, 2.05) is 12.1 Å². The lowest BCUT2D eigenvalue weighted by molar-refractivity contribution is 0.140. The minimum absolute atomic E-state index is 0.221. The summed E-state index contributed by atoms with van der Waals surface area (Å²) in [5, 5.41) is 13.1. The fourth-order valence-electron chi connectivity index (χ4n) is 4.48. The van der Waals surface area contributed by atoms with Gasteiger partial charge in [0.05, 0.1) is 11.6 Å². The second-order valence-electron chi connectivity index (χ2n) is 8.00. The van der Waals surface area contributed by atoms with Crippen LogP contribution in [-0.2, 0) is 13.0 Å². The van der Waals surface area contributed by atoms with Crippen molar-refractivity contribution in [2.45, 2.75) is 26.0 Å². The number of H-pyrrole nitrogens is 1. The maximum atomic E-state index is 10.6. The van der Waals surface area contributed by atoms with Crippen LogP contribution in [0.1, 0.15) is 17.0 Å².